The second-order valence-electron chi connectivity index (χ2n) is 5.32. The number of nitrogens with two attached hydrogens (primary N) is 2. The molecule has 1 unspecified atom stereocenters. The van der Waals surface area contributed by atoms with Crippen LogP contribution in [0.1, 0.15) is 31.7 Å². The first-order valence-corrected chi connectivity index (χ1v) is 9.94. The predicted octanol–water partition coefficient (Wildman–Crippen LogP) is 1.79. The largest absolute Gasteiger partial charge is 2.00 e. The van der Waals surface area contributed by atoms with Crippen molar-refractivity contribution in [2.75, 3.05) is 14.1 Å². The summed E-state index contributed by atoms with van der Waals surface area (Å²) in [6.07, 6.45) is 6.54. The van der Waals surface area contributed by atoms with Gasteiger partial charge in [0.1, 0.15) is 0 Å². The molecule has 7 N–H and O–H groups in total. The summed E-state index contributed by atoms with van der Waals surface area (Å²) in [5.74, 6) is 0. The molecule has 1 aromatic rings. The van der Waals surface area contributed by atoms with Crippen LogP contribution in [0.3, 0.4) is 0 Å². The van der Waals surface area contributed by atoms with Crippen LogP contribution >= 0.6 is 8.42 Å². The number of hydrogen-bond donors (Lipinski definition) is 4. The van der Waals surface area contributed by atoms with Crippen LogP contribution < -0.4 is 16.2 Å². The molecule has 1 aliphatic rings. The van der Waals surface area contributed by atoms with Gasteiger partial charge in [-0.05, 0) is 43.3 Å². The molecule has 134 valence electrons. The Bertz CT molecular complexity index is 668. The molecular formula is C15H26N6S2W. The van der Waals surface area contributed by atoms with Crippen LogP contribution in [0.15, 0.2) is 24.5 Å². The summed E-state index contributed by atoms with van der Waals surface area (Å²) in [6.45, 7) is 1.84. The van der Waals surface area contributed by atoms with E-state index >= 15 is 0 Å². The van der Waals surface area contributed by atoms with Crippen molar-refractivity contribution in [1.29, 1.82) is 5.41 Å². The van der Waals surface area contributed by atoms with Gasteiger partial charge in [0.2, 0.25) is 0 Å². The van der Waals surface area contributed by atoms with Gasteiger partial charge in [-0.25, -0.2) is 8.42 Å². The molecule has 1 heterocycles. The summed E-state index contributed by atoms with van der Waals surface area (Å²) in [4.78, 5) is 4.89. The quantitative estimate of drug-likeness (QED) is 0.202. The third-order valence-electron chi connectivity index (χ3n) is 4.28. The second kappa shape index (κ2) is 10.1. The van der Waals surface area contributed by atoms with Crippen molar-refractivity contribution < 1.29 is 21.1 Å². The predicted molar refractivity (Wildman–Crippen MR) is 106 cm³/mol. The first-order chi connectivity index (χ1) is 10.9. The summed E-state index contributed by atoms with van der Waals surface area (Å²) in [6, 6.07) is 3.93. The SMILES string of the molecule is CNC(N)=S(N)([S-])=C(C)C(=N)C1(c2cccnc2)CCC1.C[NH-].[W+2]. The molecule has 2 rings (SSSR count). The molecular weight excluding hydrogens is 512 g/mol. The zero-order valence-corrected chi connectivity index (χ0v) is 18.8. The maximum Gasteiger partial charge on any atom is 2.00 e. The van der Waals surface area contributed by atoms with E-state index in [1.807, 2.05) is 25.3 Å². The van der Waals surface area contributed by atoms with Crippen molar-refractivity contribution in [1.82, 2.24) is 10.3 Å². The van der Waals surface area contributed by atoms with Crippen molar-refractivity contribution in [2.45, 2.75) is 31.6 Å². The number of aromatic nitrogens is 1. The molecule has 1 aliphatic carbocycles. The van der Waals surface area contributed by atoms with E-state index in [0.717, 1.165) is 24.8 Å². The van der Waals surface area contributed by atoms with E-state index < -0.39 is 8.42 Å². The minimum absolute atomic E-state index is 0. The molecule has 1 fully saturated rings. The fourth-order valence-corrected chi connectivity index (χ4v) is 4.30. The molecule has 9 heteroatoms. The van der Waals surface area contributed by atoms with Crippen molar-refractivity contribution in [2.24, 2.45) is 10.9 Å². The fraction of sp³-hybridized carbons (Fsp3) is 0.467. The third-order valence-corrected chi connectivity index (χ3v) is 7.54. The average molecular weight is 538 g/mol. The second-order valence-corrected chi connectivity index (χ2v) is 9.15. The van der Waals surface area contributed by atoms with Gasteiger partial charge in [0.25, 0.3) is 0 Å². The van der Waals surface area contributed by atoms with E-state index in [0.29, 0.717) is 15.7 Å². The average Bonchev–Trinajstić information content (AvgIpc) is 2.55. The molecule has 1 aromatic heterocycles. The fourth-order valence-electron chi connectivity index (χ4n) is 2.66. The summed E-state index contributed by atoms with van der Waals surface area (Å²) < 4.78 is 0. The van der Waals surface area contributed by atoms with Crippen molar-refractivity contribution in [3.63, 3.8) is 0 Å². The number of rotatable bonds is 3. The molecule has 0 amide bonds. The van der Waals surface area contributed by atoms with Crippen LogP contribution in [0.2, 0.25) is 0 Å². The molecule has 0 saturated heterocycles. The smallest absolute Gasteiger partial charge is 0.710 e. The molecule has 0 aliphatic heterocycles. The zero-order chi connectivity index (χ0) is 17.7. The van der Waals surface area contributed by atoms with Gasteiger partial charge in [-0.1, -0.05) is 12.5 Å². The van der Waals surface area contributed by atoms with Gasteiger partial charge >= 0.3 is 21.1 Å². The van der Waals surface area contributed by atoms with Crippen LogP contribution in [0.5, 0.6) is 0 Å². The minimum atomic E-state index is -2.22. The van der Waals surface area contributed by atoms with Crippen LogP contribution in [0, 0.1) is 5.41 Å². The molecule has 6 nitrogen and oxygen atoms in total. The Morgan fingerprint density at radius 1 is 1.46 bits per heavy atom. The van der Waals surface area contributed by atoms with Gasteiger partial charge in [0.05, 0.1) is 5.11 Å². The molecule has 1 atom stereocenters. The maximum absolute atomic E-state index is 8.67. The van der Waals surface area contributed by atoms with Gasteiger partial charge < -0.3 is 27.9 Å². The minimum Gasteiger partial charge on any atom is -0.710 e. The van der Waals surface area contributed by atoms with Gasteiger partial charge in [0, 0.05) is 23.5 Å². The van der Waals surface area contributed by atoms with Crippen LogP contribution in [-0.4, -0.2) is 34.8 Å². The summed E-state index contributed by atoms with van der Waals surface area (Å²) in [7, 11) is 0.735. The van der Waals surface area contributed by atoms with Gasteiger partial charge in [-0.2, -0.15) is 7.05 Å². The van der Waals surface area contributed by atoms with E-state index in [1.165, 1.54) is 7.05 Å². The normalized spacial score (nSPS) is 17.1. The van der Waals surface area contributed by atoms with E-state index in [2.05, 4.69) is 10.3 Å². The van der Waals surface area contributed by atoms with E-state index in [1.54, 1.807) is 13.2 Å². The van der Waals surface area contributed by atoms with E-state index in [9.17, 15) is 0 Å². The molecule has 1 saturated carbocycles. The van der Waals surface area contributed by atoms with Crippen molar-refractivity contribution >= 4 is 35.8 Å². The van der Waals surface area contributed by atoms with E-state index in [-0.39, 0.29) is 26.5 Å². The number of nitrogens with one attached hydrogen (secondary N) is 3. The Kier molecular flexibility index (Phi) is 9.97. The molecule has 24 heavy (non-hydrogen) atoms. The molecule has 0 aromatic carbocycles. The standard InChI is InChI=1S/C14H22N5S2.CH4N.W/c1-10(21(17,20)13(16)18-2)12(15)14(6-4-7-14)11-5-3-8-19-9-11;1-2;/h3,5,8-9,15,18H,4,6-7,16-17H2,1-2H3;2H,1H3;/q2*-1;+2. The topological polar surface area (TPSA) is 125 Å². The monoisotopic (exact) mass is 538 g/mol. The number of nitrogens with zero attached hydrogens (tertiary/aromatic N) is 1. The van der Waals surface area contributed by atoms with E-state index in [4.69, 9.17) is 33.7 Å². The Labute approximate surface area is 164 Å². The van der Waals surface area contributed by atoms with Crippen LogP contribution in [-0.2, 0) is 38.1 Å². The van der Waals surface area contributed by atoms with Gasteiger partial charge in [-0.15, -0.1) is 0 Å². The molecule has 0 spiro atoms. The summed E-state index contributed by atoms with van der Waals surface area (Å²) in [5.41, 5.74) is 12.9. The number of pyridine rings is 1. The van der Waals surface area contributed by atoms with Crippen molar-refractivity contribution in [3.8, 4) is 0 Å². The van der Waals surface area contributed by atoms with Gasteiger partial charge in [0.15, 0.2) is 0 Å². The Morgan fingerprint density at radius 2 is 2.04 bits per heavy atom. The van der Waals surface area contributed by atoms with Crippen LogP contribution in [0.4, 0.5) is 0 Å². The Morgan fingerprint density at radius 3 is 2.42 bits per heavy atom. The summed E-state index contributed by atoms with van der Waals surface area (Å²) >= 11 is 5.50. The first-order valence-electron chi connectivity index (χ1n) is 7.32. The maximum atomic E-state index is 8.67. The Balaban J connectivity index is 0.00000170. The van der Waals surface area contributed by atoms with Crippen LogP contribution in [0.25, 0.3) is 5.73 Å². The first kappa shape index (κ1) is 23.8. The molecule has 0 bridgehead atoms. The summed E-state index contributed by atoms with van der Waals surface area (Å²) in [5, 5.41) is 18.1. The number of hydrogen-bond acceptors (Lipinski definition) is 4. The zero-order valence-electron chi connectivity index (χ0n) is 14.3. The third kappa shape index (κ3) is 4.49. The van der Waals surface area contributed by atoms with Crippen molar-refractivity contribution in [3.05, 3.63) is 35.8 Å². The van der Waals surface area contributed by atoms with Gasteiger partial charge in [-0.3, -0.25) is 16.0 Å². The Hall–Kier alpha value is -0.212. The molecule has 0 radical (unpaired) electrons.